The normalized spacial score (nSPS) is 18.1. The summed E-state index contributed by atoms with van der Waals surface area (Å²) in [5.41, 5.74) is 3.19. The Kier molecular flexibility index (Phi) is 4.74. The summed E-state index contributed by atoms with van der Waals surface area (Å²) in [7, 11) is 1.45. The van der Waals surface area contributed by atoms with Crippen molar-refractivity contribution in [2.45, 2.75) is 31.9 Å². The van der Waals surface area contributed by atoms with E-state index in [1.807, 2.05) is 6.92 Å². The summed E-state index contributed by atoms with van der Waals surface area (Å²) in [5.74, 6) is 5.92. The van der Waals surface area contributed by atoms with Crippen LogP contribution in [0, 0.1) is 11.7 Å². The Morgan fingerprint density at radius 1 is 1.47 bits per heavy atom. The Hall–Kier alpha value is -1.17. The van der Waals surface area contributed by atoms with E-state index in [1.165, 1.54) is 7.11 Å². The summed E-state index contributed by atoms with van der Waals surface area (Å²) in [6, 6.07) is 4.72. The predicted molar refractivity (Wildman–Crippen MR) is 71.2 cm³/mol. The van der Waals surface area contributed by atoms with E-state index >= 15 is 0 Å². The molecule has 0 spiro atoms. The molecule has 0 amide bonds. The van der Waals surface area contributed by atoms with Crippen molar-refractivity contribution >= 4 is 0 Å². The average Bonchev–Trinajstić information content (AvgIpc) is 3.24. The topological polar surface area (TPSA) is 56.5 Å². The number of hydrogen-bond donors (Lipinski definition) is 2. The molecule has 1 aromatic carbocycles. The lowest BCUT2D eigenvalue weighted by Gasteiger charge is -2.27. The van der Waals surface area contributed by atoms with Gasteiger partial charge in [-0.05, 0) is 31.7 Å². The minimum absolute atomic E-state index is 0.100. The van der Waals surface area contributed by atoms with Crippen LogP contribution in [0.15, 0.2) is 18.2 Å². The first-order valence-corrected chi connectivity index (χ1v) is 6.63. The van der Waals surface area contributed by atoms with E-state index in [2.05, 4.69) is 5.43 Å². The van der Waals surface area contributed by atoms with E-state index in [4.69, 9.17) is 15.3 Å². The van der Waals surface area contributed by atoms with E-state index in [0.717, 1.165) is 12.8 Å². The molecule has 1 saturated carbocycles. The highest BCUT2D eigenvalue weighted by molar-refractivity contribution is 5.33. The Morgan fingerprint density at radius 3 is 2.74 bits per heavy atom. The van der Waals surface area contributed by atoms with Crippen LogP contribution in [-0.2, 0) is 4.74 Å². The number of methoxy groups -OCH3 is 1. The van der Waals surface area contributed by atoms with Crippen LogP contribution < -0.4 is 16.0 Å². The molecule has 4 nitrogen and oxygen atoms in total. The SMILES string of the molecule is CCOC(C1CC1)C(NN)c1cccc(OC)c1F. The molecule has 106 valence electrons. The molecule has 0 radical (unpaired) electrons. The molecule has 0 saturated heterocycles. The third-order valence-electron chi connectivity index (χ3n) is 3.50. The van der Waals surface area contributed by atoms with Crippen LogP contribution in [0.2, 0.25) is 0 Å². The standard InChI is InChI=1S/C14H21FN2O2/c1-3-19-14(9-7-8-9)13(17-16)10-5-4-6-11(18-2)12(10)15/h4-6,9,13-14,17H,3,7-8,16H2,1-2H3. The molecule has 2 atom stereocenters. The molecule has 0 aromatic heterocycles. The molecule has 19 heavy (non-hydrogen) atoms. The van der Waals surface area contributed by atoms with Gasteiger partial charge in [0.25, 0.3) is 0 Å². The summed E-state index contributed by atoms with van der Waals surface area (Å²) in [6.45, 7) is 2.52. The molecule has 0 bridgehead atoms. The van der Waals surface area contributed by atoms with Gasteiger partial charge < -0.3 is 9.47 Å². The van der Waals surface area contributed by atoms with Gasteiger partial charge in [0.2, 0.25) is 0 Å². The van der Waals surface area contributed by atoms with Crippen LogP contribution in [0.25, 0.3) is 0 Å². The van der Waals surface area contributed by atoms with Gasteiger partial charge in [-0.25, -0.2) is 4.39 Å². The monoisotopic (exact) mass is 268 g/mol. The third kappa shape index (κ3) is 3.05. The van der Waals surface area contributed by atoms with Crippen LogP contribution in [-0.4, -0.2) is 19.8 Å². The van der Waals surface area contributed by atoms with Crippen molar-refractivity contribution in [3.63, 3.8) is 0 Å². The zero-order valence-electron chi connectivity index (χ0n) is 11.4. The fraction of sp³-hybridized carbons (Fsp3) is 0.571. The van der Waals surface area contributed by atoms with Gasteiger partial charge in [0.05, 0.1) is 19.3 Å². The molecule has 2 rings (SSSR count). The second-order valence-electron chi connectivity index (χ2n) is 4.77. The zero-order valence-corrected chi connectivity index (χ0v) is 11.4. The lowest BCUT2D eigenvalue weighted by atomic mass is 9.97. The summed E-state index contributed by atoms with van der Waals surface area (Å²) in [6.07, 6.45) is 2.11. The molecule has 0 heterocycles. The van der Waals surface area contributed by atoms with E-state index in [9.17, 15) is 4.39 Å². The minimum atomic E-state index is -0.377. The Balaban J connectivity index is 2.29. The van der Waals surface area contributed by atoms with Crippen LogP contribution in [0.5, 0.6) is 5.75 Å². The van der Waals surface area contributed by atoms with Gasteiger partial charge in [-0.15, -0.1) is 0 Å². The number of nitrogens with one attached hydrogen (secondary N) is 1. The van der Waals surface area contributed by atoms with Gasteiger partial charge >= 0.3 is 0 Å². The molecule has 1 fully saturated rings. The number of halogens is 1. The van der Waals surface area contributed by atoms with Crippen LogP contribution in [0.3, 0.4) is 0 Å². The van der Waals surface area contributed by atoms with Crippen LogP contribution in [0.1, 0.15) is 31.4 Å². The first kappa shape index (κ1) is 14.2. The Morgan fingerprint density at radius 2 is 2.21 bits per heavy atom. The zero-order chi connectivity index (χ0) is 13.8. The molecular formula is C14H21FN2O2. The second kappa shape index (κ2) is 6.32. The van der Waals surface area contributed by atoms with Gasteiger partial charge in [0.15, 0.2) is 11.6 Å². The van der Waals surface area contributed by atoms with Gasteiger partial charge in [0, 0.05) is 12.2 Å². The fourth-order valence-corrected chi connectivity index (χ4v) is 2.41. The molecule has 0 aliphatic heterocycles. The van der Waals surface area contributed by atoms with Gasteiger partial charge in [-0.3, -0.25) is 11.3 Å². The summed E-state index contributed by atoms with van der Waals surface area (Å²) < 4.78 is 25.1. The lowest BCUT2D eigenvalue weighted by molar-refractivity contribution is 0.0176. The maximum Gasteiger partial charge on any atom is 0.169 e. The first-order chi connectivity index (χ1) is 9.22. The molecule has 1 aromatic rings. The van der Waals surface area contributed by atoms with E-state index in [-0.39, 0.29) is 23.7 Å². The van der Waals surface area contributed by atoms with Crippen LogP contribution >= 0.6 is 0 Å². The largest absolute Gasteiger partial charge is 0.494 e. The van der Waals surface area contributed by atoms with Crippen molar-refractivity contribution in [3.05, 3.63) is 29.6 Å². The van der Waals surface area contributed by atoms with Crippen molar-refractivity contribution in [1.82, 2.24) is 5.43 Å². The minimum Gasteiger partial charge on any atom is -0.494 e. The summed E-state index contributed by atoms with van der Waals surface area (Å²) in [5, 5.41) is 0. The van der Waals surface area contributed by atoms with Crippen LogP contribution in [0.4, 0.5) is 4.39 Å². The molecule has 1 aliphatic carbocycles. The maximum absolute atomic E-state index is 14.3. The van der Waals surface area contributed by atoms with Crippen molar-refractivity contribution in [2.24, 2.45) is 11.8 Å². The van der Waals surface area contributed by atoms with Crippen molar-refractivity contribution in [2.75, 3.05) is 13.7 Å². The lowest BCUT2D eigenvalue weighted by Crippen LogP contribution is -2.39. The average molecular weight is 268 g/mol. The van der Waals surface area contributed by atoms with Gasteiger partial charge in [-0.2, -0.15) is 0 Å². The van der Waals surface area contributed by atoms with Gasteiger partial charge in [0.1, 0.15) is 0 Å². The predicted octanol–water partition coefficient (Wildman–Crippen LogP) is 2.15. The maximum atomic E-state index is 14.3. The second-order valence-corrected chi connectivity index (χ2v) is 4.77. The van der Waals surface area contributed by atoms with Crippen molar-refractivity contribution in [3.8, 4) is 5.75 Å². The quantitative estimate of drug-likeness (QED) is 0.587. The molecule has 1 aliphatic rings. The molecule has 2 unspecified atom stereocenters. The van der Waals surface area contributed by atoms with E-state index in [0.29, 0.717) is 18.1 Å². The summed E-state index contributed by atoms with van der Waals surface area (Å²) in [4.78, 5) is 0. The van der Waals surface area contributed by atoms with Crippen molar-refractivity contribution < 1.29 is 13.9 Å². The smallest absolute Gasteiger partial charge is 0.169 e. The summed E-state index contributed by atoms with van der Waals surface area (Å²) >= 11 is 0. The number of rotatable bonds is 7. The molecular weight excluding hydrogens is 247 g/mol. The third-order valence-corrected chi connectivity index (χ3v) is 3.50. The number of benzene rings is 1. The highest BCUT2D eigenvalue weighted by Gasteiger charge is 2.38. The van der Waals surface area contributed by atoms with E-state index < -0.39 is 0 Å². The number of nitrogens with two attached hydrogens (primary N) is 1. The Labute approximate surface area is 113 Å². The first-order valence-electron chi connectivity index (χ1n) is 6.63. The van der Waals surface area contributed by atoms with E-state index in [1.54, 1.807) is 18.2 Å². The number of ether oxygens (including phenoxy) is 2. The number of hydrogen-bond acceptors (Lipinski definition) is 4. The van der Waals surface area contributed by atoms with Gasteiger partial charge in [-0.1, -0.05) is 12.1 Å². The number of hydrazine groups is 1. The molecule has 5 heteroatoms. The highest BCUT2D eigenvalue weighted by atomic mass is 19.1. The Bertz CT molecular complexity index is 424. The highest BCUT2D eigenvalue weighted by Crippen LogP contribution is 2.41. The molecule has 3 N–H and O–H groups in total. The fourth-order valence-electron chi connectivity index (χ4n) is 2.41. The van der Waals surface area contributed by atoms with Crippen molar-refractivity contribution in [1.29, 1.82) is 0 Å².